The van der Waals surface area contributed by atoms with Gasteiger partial charge in [-0.15, -0.1) is 0 Å². The molecule has 1 aromatic carbocycles. The van der Waals surface area contributed by atoms with Crippen molar-refractivity contribution in [3.05, 3.63) is 34.9 Å². The summed E-state index contributed by atoms with van der Waals surface area (Å²) in [5.41, 5.74) is -0.353. The molecule has 1 rings (SSSR count). The Kier molecular flexibility index (Phi) is 4.16. The molecule has 0 saturated carbocycles. The van der Waals surface area contributed by atoms with Crippen molar-refractivity contribution in [3.63, 3.8) is 0 Å². The van der Waals surface area contributed by atoms with Crippen LogP contribution in [0, 0.1) is 29.9 Å². The van der Waals surface area contributed by atoms with Crippen molar-refractivity contribution in [3.8, 4) is 6.07 Å². The second-order valence-corrected chi connectivity index (χ2v) is 3.69. The van der Waals surface area contributed by atoms with Crippen molar-refractivity contribution < 1.29 is 13.6 Å². The van der Waals surface area contributed by atoms with Gasteiger partial charge in [0.2, 0.25) is 0 Å². The Bertz CT molecular complexity index is 480. The van der Waals surface area contributed by atoms with Gasteiger partial charge in [-0.1, -0.05) is 6.07 Å². The summed E-state index contributed by atoms with van der Waals surface area (Å²) in [6.07, 6.45) is 0.122. The molecule has 1 amide bonds. The highest BCUT2D eigenvalue weighted by atomic mass is 19.1. The molecule has 0 unspecified atom stereocenters. The lowest BCUT2D eigenvalue weighted by molar-refractivity contribution is 0.0788. The highest BCUT2D eigenvalue weighted by molar-refractivity contribution is 5.94. The minimum atomic E-state index is -0.887. The maximum Gasteiger partial charge on any atom is 0.259 e. The van der Waals surface area contributed by atoms with Gasteiger partial charge < -0.3 is 4.90 Å². The number of benzene rings is 1. The van der Waals surface area contributed by atoms with Gasteiger partial charge in [-0.3, -0.25) is 4.79 Å². The molecule has 0 aliphatic carbocycles. The van der Waals surface area contributed by atoms with E-state index in [0.29, 0.717) is 0 Å². The van der Waals surface area contributed by atoms with Crippen LogP contribution in [-0.2, 0) is 0 Å². The van der Waals surface area contributed by atoms with Gasteiger partial charge >= 0.3 is 0 Å². The van der Waals surface area contributed by atoms with Gasteiger partial charge in [0.25, 0.3) is 5.91 Å². The van der Waals surface area contributed by atoms with Crippen LogP contribution >= 0.6 is 0 Å². The first-order valence-corrected chi connectivity index (χ1v) is 5.06. The van der Waals surface area contributed by atoms with E-state index in [-0.39, 0.29) is 18.5 Å². The maximum atomic E-state index is 13.6. The van der Waals surface area contributed by atoms with Crippen LogP contribution in [-0.4, -0.2) is 24.4 Å². The first kappa shape index (κ1) is 13.1. The average Bonchev–Trinajstić information content (AvgIpc) is 2.31. The Balaban J connectivity index is 3.04. The predicted octanol–water partition coefficient (Wildman–Crippen LogP) is 2.26. The van der Waals surface area contributed by atoms with Crippen molar-refractivity contribution in [2.24, 2.45) is 0 Å². The SMILES string of the molecule is Cc1ccc(F)c(C(=O)N(C)CCC#N)c1F. The zero-order valence-corrected chi connectivity index (χ0v) is 9.63. The van der Waals surface area contributed by atoms with E-state index in [1.54, 1.807) is 0 Å². The fraction of sp³-hybridized carbons (Fsp3) is 0.333. The zero-order chi connectivity index (χ0) is 13.0. The van der Waals surface area contributed by atoms with E-state index in [0.717, 1.165) is 11.0 Å². The van der Waals surface area contributed by atoms with Gasteiger partial charge in [0.15, 0.2) is 0 Å². The molecule has 0 fully saturated rings. The van der Waals surface area contributed by atoms with E-state index in [9.17, 15) is 13.6 Å². The van der Waals surface area contributed by atoms with E-state index in [1.165, 1.54) is 20.0 Å². The van der Waals surface area contributed by atoms with Crippen molar-refractivity contribution in [1.82, 2.24) is 4.90 Å². The van der Waals surface area contributed by atoms with Gasteiger partial charge in [-0.25, -0.2) is 8.78 Å². The molecule has 0 aliphatic heterocycles. The molecule has 0 heterocycles. The maximum absolute atomic E-state index is 13.6. The number of carbonyl (C=O) groups excluding carboxylic acids is 1. The fourth-order valence-corrected chi connectivity index (χ4v) is 1.36. The summed E-state index contributed by atoms with van der Waals surface area (Å²) in [7, 11) is 1.40. The first-order chi connectivity index (χ1) is 7.99. The smallest absolute Gasteiger partial charge is 0.259 e. The van der Waals surface area contributed by atoms with Gasteiger partial charge in [0.1, 0.15) is 17.2 Å². The summed E-state index contributed by atoms with van der Waals surface area (Å²) < 4.78 is 27.1. The van der Waals surface area contributed by atoms with Crippen molar-refractivity contribution in [2.75, 3.05) is 13.6 Å². The summed E-state index contributed by atoms with van der Waals surface area (Å²) in [6.45, 7) is 1.60. The standard InChI is InChI=1S/C12H12F2N2O/c1-8-4-5-9(13)10(11(8)14)12(17)16(2)7-3-6-15/h4-5H,3,7H2,1-2H3. The largest absolute Gasteiger partial charge is 0.340 e. The van der Waals surface area contributed by atoms with Gasteiger partial charge in [0, 0.05) is 13.6 Å². The van der Waals surface area contributed by atoms with Crippen molar-refractivity contribution in [2.45, 2.75) is 13.3 Å². The molecular formula is C12H12F2N2O. The Labute approximate surface area is 98.3 Å². The van der Waals surface area contributed by atoms with E-state index >= 15 is 0 Å². The van der Waals surface area contributed by atoms with Crippen LogP contribution in [0.1, 0.15) is 22.3 Å². The molecule has 0 N–H and O–H groups in total. The molecule has 0 aliphatic rings. The van der Waals surface area contributed by atoms with Crippen LogP contribution in [0.5, 0.6) is 0 Å². The molecular weight excluding hydrogens is 226 g/mol. The van der Waals surface area contributed by atoms with Crippen molar-refractivity contribution in [1.29, 1.82) is 5.26 Å². The lowest BCUT2D eigenvalue weighted by atomic mass is 10.1. The van der Waals surface area contributed by atoms with Crippen LogP contribution in [0.15, 0.2) is 12.1 Å². The van der Waals surface area contributed by atoms with E-state index < -0.39 is 23.1 Å². The number of amides is 1. The molecule has 90 valence electrons. The van der Waals surface area contributed by atoms with Crippen molar-refractivity contribution >= 4 is 5.91 Å². The summed E-state index contributed by atoms with van der Waals surface area (Å²) in [6, 6.07) is 4.20. The molecule has 17 heavy (non-hydrogen) atoms. The van der Waals surface area contributed by atoms with Crippen LogP contribution in [0.2, 0.25) is 0 Å². The number of nitrogens with zero attached hydrogens (tertiary/aromatic N) is 2. The third-order valence-electron chi connectivity index (χ3n) is 2.40. The fourth-order valence-electron chi connectivity index (χ4n) is 1.36. The first-order valence-electron chi connectivity index (χ1n) is 5.06. The molecule has 0 aromatic heterocycles. The molecule has 3 nitrogen and oxygen atoms in total. The topological polar surface area (TPSA) is 44.1 Å². The zero-order valence-electron chi connectivity index (χ0n) is 9.63. The predicted molar refractivity (Wildman–Crippen MR) is 58.3 cm³/mol. The molecule has 0 spiro atoms. The summed E-state index contributed by atoms with van der Waals surface area (Å²) >= 11 is 0. The average molecular weight is 238 g/mol. The van der Waals surface area contributed by atoms with Gasteiger partial charge in [-0.05, 0) is 18.6 Å². The molecule has 0 radical (unpaired) electrons. The third kappa shape index (κ3) is 2.78. The van der Waals surface area contributed by atoms with Gasteiger partial charge in [0.05, 0.1) is 12.5 Å². The Morgan fingerprint density at radius 1 is 1.47 bits per heavy atom. The molecule has 5 heteroatoms. The Hall–Kier alpha value is -1.96. The Morgan fingerprint density at radius 2 is 2.12 bits per heavy atom. The lowest BCUT2D eigenvalue weighted by Crippen LogP contribution is -2.29. The molecule has 0 bridgehead atoms. The van der Waals surface area contributed by atoms with E-state index in [1.807, 2.05) is 6.07 Å². The number of hydrogen-bond donors (Lipinski definition) is 0. The highest BCUT2D eigenvalue weighted by Gasteiger charge is 2.21. The molecule has 0 saturated heterocycles. The number of hydrogen-bond acceptors (Lipinski definition) is 2. The number of halogens is 2. The quantitative estimate of drug-likeness (QED) is 0.810. The molecule has 0 atom stereocenters. The molecule has 1 aromatic rings. The monoisotopic (exact) mass is 238 g/mol. The van der Waals surface area contributed by atoms with Gasteiger partial charge in [-0.2, -0.15) is 5.26 Å². The summed E-state index contributed by atoms with van der Waals surface area (Å²) in [5.74, 6) is -2.49. The van der Waals surface area contributed by atoms with Crippen LogP contribution < -0.4 is 0 Å². The summed E-state index contributed by atoms with van der Waals surface area (Å²) in [4.78, 5) is 12.9. The second kappa shape index (κ2) is 5.39. The minimum Gasteiger partial charge on any atom is -0.340 e. The van der Waals surface area contributed by atoms with Crippen LogP contribution in [0.4, 0.5) is 8.78 Å². The number of carbonyl (C=O) groups is 1. The number of aryl methyl sites for hydroxylation is 1. The normalized spacial score (nSPS) is 9.82. The van der Waals surface area contributed by atoms with Crippen LogP contribution in [0.25, 0.3) is 0 Å². The number of rotatable bonds is 3. The summed E-state index contributed by atoms with van der Waals surface area (Å²) in [5, 5.41) is 8.38. The van der Waals surface area contributed by atoms with Crippen LogP contribution in [0.3, 0.4) is 0 Å². The second-order valence-electron chi connectivity index (χ2n) is 3.69. The lowest BCUT2D eigenvalue weighted by Gasteiger charge is -2.16. The Morgan fingerprint density at radius 3 is 2.71 bits per heavy atom. The third-order valence-corrected chi connectivity index (χ3v) is 2.40. The minimum absolute atomic E-state index is 0.122. The van der Waals surface area contributed by atoms with E-state index in [2.05, 4.69) is 0 Å². The number of nitriles is 1. The highest BCUT2D eigenvalue weighted by Crippen LogP contribution is 2.17. The van der Waals surface area contributed by atoms with E-state index in [4.69, 9.17) is 5.26 Å².